The fourth-order valence-electron chi connectivity index (χ4n) is 4.11. The van der Waals surface area contributed by atoms with Gasteiger partial charge in [0.05, 0.1) is 5.56 Å². The molecule has 0 unspecified atom stereocenters. The van der Waals surface area contributed by atoms with Crippen LogP contribution in [-0.4, -0.2) is 42.0 Å². The third-order valence-electron chi connectivity index (χ3n) is 5.55. The summed E-state index contributed by atoms with van der Waals surface area (Å²) in [4.78, 5) is 30.1. The summed E-state index contributed by atoms with van der Waals surface area (Å²) in [7, 11) is 0. The third kappa shape index (κ3) is 4.44. The number of benzene rings is 1. The van der Waals surface area contributed by atoms with Crippen molar-refractivity contribution in [3.8, 4) is 5.75 Å². The molecule has 148 valence electrons. The number of anilines is 1. The molecule has 4 rings (SSSR count). The van der Waals surface area contributed by atoms with Crippen LogP contribution in [0, 0.1) is 0 Å². The van der Waals surface area contributed by atoms with E-state index in [1.54, 1.807) is 0 Å². The minimum atomic E-state index is -0.238. The largest absolute Gasteiger partial charge is 0.492 e. The van der Waals surface area contributed by atoms with Crippen LogP contribution in [0.25, 0.3) is 0 Å². The van der Waals surface area contributed by atoms with Crippen molar-refractivity contribution < 1.29 is 9.53 Å². The first-order chi connectivity index (χ1) is 13.7. The summed E-state index contributed by atoms with van der Waals surface area (Å²) in [6, 6.07) is 8.85. The van der Waals surface area contributed by atoms with Crippen molar-refractivity contribution in [1.82, 2.24) is 9.88 Å². The Morgan fingerprint density at radius 3 is 2.79 bits per heavy atom. The van der Waals surface area contributed by atoms with Gasteiger partial charge in [-0.05, 0) is 69.3 Å². The van der Waals surface area contributed by atoms with Crippen molar-refractivity contribution in [3.63, 3.8) is 0 Å². The number of hydrogen-bond acceptors (Lipinski definition) is 4. The summed E-state index contributed by atoms with van der Waals surface area (Å²) in [6.07, 6.45) is 6.28. The molecule has 1 aliphatic carbocycles. The summed E-state index contributed by atoms with van der Waals surface area (Å²) in [6.45, 7) is 3.87. The molecule has 1 aromatic heterocycles. The first kappa shape index (κ1) is 18.7. The van der Waals surface area contributed by atoms with Crippen molar-refractivity contribution in [2.24, 2.45) is 0 Å². The van der Waals surface area contributed by atoms with Crippen LogP contribution < -0.4 is 15.6 Å². The number of carbonyl (C=O) groups is 1. The van der Waals surface area contributed by atoms with Crippen molar-refractivity contribution in [1.29, 1.82) is 0 Å². The highest BCUT2D eigenvalue weighted by Gasteiger charge is 2.19. The first-order valence-corrected chi connectivity index (χ1v) is 10.2. The Balaban J connectivity index is 1.42. The molecule has 0 spiro atoms. The Bertz CT molecular complexity index is 900. The zero-order chi connectivity index (χ0) is 19.3. The average molecular weight is 381 g/mol. The lowest BCUT2D eigenvalue weighted by Gasteiger charge is -2.18. The number of fused-ring (bicyclic) bond motifs is 1. The molecule has 2 aromatic rings. The van der Waals surface area contributed by atoms with Gasteiger partial charge >= 0.3 is 0 Å². The highest BCUT2D eigenvalue weighted by atomic mass is 16.5. The van der Waals surface area contributed by atoms with Gasteiger partial charge in [-0.3, -0.25) is 14.5 Å². The summed E-state index contributed by atoms with van der Waals surface area (Å²) in [5, 5.41) is 2.93. The number of H-pyrrole nitrogens is 1. The molecule has 28 heavy (non-hydrogen) atoms. The number of aromatic amines is 1. The van der Waals surface area contributed by atoms with Gasteiger partial charge in [0.15, 0.2) is 0 Å². The SMILES string of the molecule is O=C(Nc1cccc(OCCN2CCCC2)c1)c1cc(=O)[nH]c2c1CCCC2. The Morgan fingerprint density at radius 2 is 1.93 bits per heavy atom. The van der Waals surface area contributed by atoms with Crippen LogP contribution in [0.3, 0.4) is 0 Å². The molecule has 2 N–H and O–H groups in total. The molecule has 2 aliphatic rings. The molecular formula is C22H27N3O3. The molecule has 0 bridgehead atoms. The van der Waals surface area contributed by atoms with Crippen LogP contribution in [0.1, 0.15) is 47.3 Å². The first-order valence-electron chi connectivity index (χ1n) is 10.2. The molecule has 1 fully saturated rings. The van der Waals surface area contributed by atoms with E-state index in [1.165, 1.54) is 18.9 Å². The zero-order valence-electron chi connectivity index (χ0n) is 16.1. The topological polar surface area (TPSA) is 74.4 Å². The van der Waals surface area contributed by atoms with Crippen LogP contribution in [0.5, 0.6) is 5.75 Å². The van der Waals surface area contributed by atoms with E-state index in [-0.39, 0.29) is 11.5 Å². The van der Waals surface area contributed by atoms with Gasteiger partial charge in [-0.1, -0.05) is 6.07 Å². The fraction of sp³-hybridized carbons (Fsp3) is 0.455. The van der Waals surface area contributed by atoms with Gasteiger partial charge in [0.25, 0.3) is 5.91 Å². The number of hydrogen-bond donors (Lipinski definition) is 2. The van der Waals surface area contributed by atoms with Crippen molar-refractivity contribution in [3.05, 3.63) is 57.5 Å². The number of pyridine rings is 1. The maximum absolute atomic E-state index is 12.8. The molecule has 1 amide bonds. The third-order valence-corrected chi connectivity index (χ3v) is 5.55. The van der Waals surface area contributed by atoms with Crippen molar-refractivity contribution in [2.45, 2.75) is 38.5 Å². The fourth-order valence-corrected chi connectivity index (χ4v) is 4.11. The number of carbonyl (C=O) groups excluding carboxylic acids is 1. The number of rotatable bonds is 6. The monoisotopic (exact) mass is 381 g/mol. The van der Waals surface area contributed by atoms with E-state index < -0.39 is 0 Å². The standard InChI is InChI=1S/C22H27N3O3/c26-21-15-19(18-8-1-2-9-20(18)24-21)22(27)23-16-6-5-7-17(14-16)28-13-12-25-10-3-4-11-25/h5-7,14-15H,1-4,8-13H2,(H,23,27)(H,24,26). The quantitative estimate of drug-likeness (QED) is 0.807. The van der Waals surface area contributed by atoms with Gasteiger partial charge in [-0.15, -0.1) is 0 Å². The predicted molar refractivity (Wildman–Crippen MR) is 109 cm³/mol. The molecule has 2 heterocycles. The van der Waals surface area contributed by atoms with Crippen molar-refractivity contribution in [2.75, 3.05) is 31.6 Å². The molecule has 1 aliphatic heterocycles. The number of amides is 1. The van der Waals surface area contributed by atoms with Crippen LogP contribution in [0.4, 0.5) is 5.69 Å². The van der Waals surface area contributed by atoms with Gasteiger partial charge in [0, 0.05) is 30.1 Å². The highest BCUT2D eigenvalue weighted by Crippen LogP contribution is 2.23. The molecule has 6 heteroatoms. The minimum Gasteiger partial charge on any atom is -0.492 e. The number of ether oxygens (including phenoxy) is 1. The minimum absolute atomic E-state index is 0.218. The van der Waals surface area contributed by atoms with Crippen molar-refractivity contribution >= 4 is 11.6 Å². The number of aryl methyl sites for hydroxylation is 1. The highest BCUT2D eigenvalue weighted by molar-refractivity contribution is 6.05. The lowest BCUT2D eigenvalue weighted by atomic mass is 9.92. The van der Waals surface area contributed by atoms with E-state index in [1.807, 2.05) is 24.3 Å². The molecule has 0 saturated carbocycles. The van der Waals surface area contributed by atoms with Gasteiger partial charge in [0.2, 0.25) is 5.56 Å². The molecule has 0 radical (unpaired) electrons. The van der Waals surface area contributed by atoms with Crippen LogP contribution in [0.15, 0.2) is 35.1 Å². The summed E-state index contributed by atoms with van der Waals surface area (Å²) in [5.41, 5.74) is 2.82. The Kier molecular flexibility index (Phi) is 5.76. The summed E-state index contributed by atoms with van der Waals surface area (Å²) in [5.74, 6) is 0.503. The van der Waals surface area contributed by atoms with Gasteiger partial charge in [0.1, 0.15) is 12.4 Å². The van der Waals surface area contributed by atoms with E-state index in [0.717, 1.165) is 62.3 Å². The zero-order valence-corrected chi connectivity index (χ0v) is 16.1. The predicted octanol–water partition coefficient (Wildman–Crippen LogP) is 2.98. The van der Waals surface area contributed by atoms with E-state index in [4.69, 9.17) is 4.74 Å². The number of nitrogens with zero attached hydrogens (tertiary/aromatic N) is 1. The van der Waals surface area contributed by atoms with Crippen LogP contribution in [-0.2, 0) is 12.8 Å². The second-order valence-electron chi connectivity index (χ2n) is 7.59. The Morgan fingerprint density at radius 1 is 1.11 bits per heavy atom. The lowest BCUT2D eigenvalue weighted by Crippen LogP contribution is -2.25. The average Bonchev–Trinajstić information content (AvgIpc) is 3.21. The van der Waals surface area contributed by atoms with E-state index in [9.17, 15) is 9.59 Å². The Labute approximate surface area is 164 Å². The second kappa shape index (κ2) is 8.61. The molecule has 1 saturated heterocycles. The van der Waals surface area contributed by atoms with Gasteiger partial charge in [-0.25, -0.2) is 0 Å². The molecule has 1 aromatic carbocycles. The maximum atomic E-state index is 12.8. The number of likely N-dealkylation sites (tertiary alicyclic amines) is 1. The van der Waals surface area contributed by atoms with Crippen LogP contribution >= 0.6 is 0 Å². The normalized spacial score (nSPS) is 16.6. The Hall–Kier alpha value is -2.60. The van der Waals surface area contributed by atoms with E-state index in [2.05, 4.69) is 15.2 Å². The molecule has 6 nitrogen and oxygen atoms in total. The van der Waals surface area contributed by atoms with Gasteiger partial charge in [-0.2, -0.15) is 0 Å². The number of aromatic nitrogens is 1. The van der Waals surface area contributed by atoms with E-state index >= 15 is 0 Å². The lowest BCUT2D eigenvalue weighted by molar-refractivity contribution is 0.102. The van der Waals surface area contributed by atoms with E-state index in [0.29, 0.717) is 17.9 Å². The molecule has 0 atom stereocenters. The van der Waals surface area contributed by atoms with Gasteiger partial charge < -0.3 is 15.0 Å². The van der Waals surface area contributed by atoms with Crippen LogP contribution in [0.2, 0.25) is 0 Å². The maximum Gasteiger partial charge on any atom is 0.256 e. The summed E-state index contributed by atoms with van der Waals surface area (Å²) < 4.78 is 5.86. The number of nitrogens with one attached hydrogen (secondary N) is 2. The second-order valence-corrected chi connectivity index (χ2v) is 7.59. The summed E-state index contributed by atoms with van der Waals surface area (Å²) >= 11 is 0. The molecular weight excluding hydrogens is 354 g/mol. The smallest absolute Gasteiger partial charge is 0.256 e.